The number of piperidine rings is 1. The van der Waals surface area contributed by atoms with Crippen LogP contribution in [0.3, 0.4) is 0 Å². The first-order valence-electron chi connectivity index (χ1n) is 7.50. The molecule has 2 fully saturated rings. The first kappa shape index (κ1) is 14.3. The summed E-state index contributed by atoms with van der Waals surface area (Å²) in [5.74, 6) is 0.785. The second-order valence-electron chi connectivity index (χ2n) is 6.19. The number of hydrogen-bond acceptors (Lipinski definition) is 4. The van der Waals surface area contributed by atoms with Gasteiger partial charge in [0.15, 0.2) is 0 Å². The third kappa shape index (κ3) is 4.19. The zero-order valence-electron chi connectivity index (χ0n) is 11.9. The molecule has 2 heterocycles. The second-order valence-corrected chi connectivity index (χ2v) is 6.19. The molecule has 0 spiro atoms. The Morgan fingerprint density at radius 3 is 2.61 bits per heavy atom. The molecule has 18 heavy (non-hydrogen) atoms. The smallest absolute Gasteiger partial charge is 0.0793 e. The summed E-state index contributed by atoms with van der Waals surface area (Å²) in [5, 5.41) is 13.6. The first-order valence-corrected chi connectivity index (χ1v) is 7.50. The monoisotopic (exact) mass is 255 g/mol. The van der Waals surface area contributed by atoms with Crippen molar-refractivity contribution >= 4 is 0 Å². The van der Waals surface area contributed by atoms with E-state index in [0.29, 0.717) is 6.04 Å². The number of β-amino-alcohol motifs (C(OH)–C–C–N with tert-alkyl or cyclic N) is 1. The molecule has 0 amide bonds. The molecule has 0 aliphatic carbocycles. The third-order valence-corrected chi connectivity index (χ3v) is 4.37. The lowest BCUT2D eigenvalue weighted by Gasteiger charge is -2.39. The normalized spacial score (nSPS) is 33.5. The molecule has 2 N–H and O–H groups in total. The van der Waals surface area contributed by atoms with Crippen LogP contribution in [0.2, 0.25) is 0 Å². The topological polar surface area (TPSA) is 38.7 Å². The van der Waals surface area contributed by atoms with Crippen LogP contribution in [0.15, 0.2) is 0 Å². The van der Waals surface area contributed by atoms with Crippen molar-refractivity contribution in [2.24, 2.45) is 5.92 Å². The summed E-state index contributed by atoms with van der Waals surface area (Å²) >= 11 is 0. The predicted octanol–water partition coefficient (Wildman–Crippen LogP) is 0.373. The molecular formula is C14H29N3O. The van der Waals surface area contributed by atoms with Crippen LogP contribution in [0.25, 0.3) is 0 Å². The average Bonchev–Trinajstić information content (AvgIpc) is 2.35. The zero-order chi connectivity index (χ0) is 13.0. The second kappa shape index (κ2) is 6.85. The predicted molar refractivity (Wildman–Crippen MR) is 74.7 cm³/mol. The van der Waals surface area contributed by atoms with E-state index in [1.807, 2.05) is 0 Å². The van der Waals surface area contributed by atoms with Crippen LogP contribution < -0.4 is 5.32 Å². The fourth-order valence-electron chi connectivity index (χ4n) is 3.15. The van der Waals surface area contributed by atoms with Crippen LogP contribution in [-0.2, 0) is 0 Å². The van der Waals surface area contributed by atoms with Crippen LogP contribution >= 0.6 is 0 Å². The lowest BCUT2D eigenvalue weighted by atomic mass is 9.95. The third-order valence-electron chi connectivity index (χ3n) is 4.37. The number of rotatable bonds is 4. The molecule has 0 aromatic heterocycles. The number of hydrogen-bond donors (Lipinski definition) is 2. The summed E-state index contributed by atoms with van der Waals surface area (Å²) < 4.78 is 0. The van der Waals surface area contributed by atoms with Gasteiger partial charge in [-0.05, 0) is 25.7 Å². The van der Waals surface area contributed by atoms with E-state index in [4.69, 9.17) is 0 Å². The molecular weight excluding hydrogens is 226 g/mol. The van der Waals surface area contributed by atoms with Gasteiger partial charge in [-0.25, -0.2) is 0 Å². The SMILES string of the molecule is CC1CCC(C)N(CC(O)CN2CCNCC2)C1. The van der Waals surface area contributed by atoms with E-state index in [1.54, 1.807) is 0 Å². The summed E-state index contributed by atoms with van der Waals surface area (Å²) in [6, 6.07) is 0.638. The largest absolute Gasteiger partial charge is 0.390 e. The molecule has 3 unspecified atom stereocenters. The Morgan fingerprint density at radius 1 is 1.17 bits per heavy atom. The van der Waals surface area contributed by atoms with Crippen LogP contribution in [0.5, 0.6) is 0 Å². The van der Waals surface area contributed by atoms with E-state index in [-0.39, 0.29) is 6.10 Å². The van der Waals surface area contributed by atoms with Crippen molar-refractivity contribution in [3.63, 3.8) is 0 Å². The summed E-state index contributed by atoms with van der Waals surface area (Å²) in [7, 11) is 0. The number of piperazine rings is 1. The van der Waals surface area contributed by atoms with Gasteiger partial charge in [0, 0.05) is 51.9 Å². The molecule has 2 rings (SSSR count). The van der Waals surface area contributed by atoms with Gasteiger partial charge in [-0.1, -0.05) is 6.92 Å². The van der Waals surface area contributed by atoms with Gasteiger partial charge in [0.2, 0.25) is 0 Å². The number of nitrogens with zero attached hydrogens (tertiary/aromatic N) is 2. The van der Waals surface area contributed by atoms with Crippen molar-refractivity contribution in [3.8, 4) is 0 Å². The van der Waals surface area contributed by atoms with Crippen LogP contribution in [0.4, 0.5) is 0 Å². The number of aliphatic hydroxyl groups is 1. The van der Waals surface area contributed by atoms with Gasteiger partial charge < -0.3 is 10.4 Å². The average molecular weight is 255 g/mol. The first-order chi connectivity index (χ1) is 8.65. The number of likely N-dealkylation sites (tertiary alicyclic amines) is 1. The summed E-state index contributed by atoms with van der Waals surface area (Å²) in [6.45, 7) is 11.7. The molecule has 4 heteroatoms. The van der Waals surface area contributed by atoms with E-state index in [0.717, 1.165) is 51.7 Å². The Morgan fingerprint density at radius 2 is 1.89 bits per heavy atom. The maximum Gasteiger partial charge on any atom is 0.0793 e. The van der Waals surface area contributed by atoms with Crippen molar-refractivity contribution in [1.82, 2.24) is 15.1 Å². The van der Waals surface area contributed by atoms with Gasteiger partial charge >= 0.3 is 0 Å². The Labute approximate surface area is 111 Å². The molecule has 0 bridgehead atoms. The molecule has 2 aliphatic heterocycles. The molecule has 0 radical (unpaired) electrons. The minimum absolute atomic E-state index is 0.198. The molecule has 3 atom stereocenters. The highest BCUT2D eigenvalue weighted by Gasteiger charge is 2.25. The van der Waals surface area contributed by atoms with Crippen molar-refractivity contribution in [2.45, 2.75) is 38.8 Å². The summed E-state index contributed by atoms with van der Waals surface area (Å²) in [4.78, 5) is 4.85. The molecule has 2 aliphatic rings. The lowest BCUT2D eigenvalue weighted by molar-refractivity contribution is 0.0350. The highest BCUT2D eigenvalue weighted by Crippen LogP contribution is 2.21. The molecule has 4 nitrogen and oxygen atoms in total. The minimum Gasteiger partial charge on any atom is -0.390 e. The quantitative estimate of drug-likeness (QED) is 0.761. The molecule has 0 aromatic carbocycles. The van der Waals surface area contributed by atoms with E-state index >= 15 is 0 Å². The van der Waals surface area contributed by atoms with Gasteiger partial charge in [-0.2, -0.15) is 0 Å². The van der Waals surface area contributed by atoms with E-state index in [2.05, 4.69) is 29.0 Å². The number of aliphatic hydroxyl groups excluding tert-OH is 1. The van der Waals surface area contributed by atoms with E-state index in [1.165, 1.54) is 12.8 Å². The van der Waals surface area contributed by atoms with Crippen molar-refractivity contribution in [2.75, 3.05) is 45.8 Å². The summed E-state index contributed by atoms with van der Waals surface area (Å²) in [5.41, 5.74) is 0. The molecule has 106 valence electrons. The highest BCUT2D eigenvalue weighted by molar-refractivity contribution is 4.80. The van der Waals surface area contributed by atoms with Crippen LogP contribution in [-0.4, -0.2) is 72.9 Å². The Kier molecular flexibility index (Phi) is 5.42. The van der Waals surface area contributed by atoms with Gasteiger partial charge in [0.05, 0.1) is 6.10 Å². The molecule has 0 saturated carbocycles. The van der Waals surface area contributed by atoms with E-state index < -0.39 is 0 Å². The van der Waals surface area contributed by atoms with Crippen LogP contribution in [0.1, 0.15) is 26.7 Å². The van der Waals surface area contributed by atoms with Gasteiger partial charge in [-0.3, -0.25) is 9.80 Å². The van der Waals surface area contributed by atoms with Crippen molar-refractivity contribution in [3.05, 3.63) is 0 Å². The Hall–Kier alpha value is -0.160. The lowest BCUT2D eigenvalue weighted by Crippen LogP contribution is -2.50. The standard InChI is InChI=1S/C14H29N3O/c1-12-3-4-13(2)17(9-12)11-14(18)10-16-7-5-15-6-8-16/h12-15,18H,3-11H2,1-2H3. The highest BCUT2D eigenvalue weighted by atomic mass is 16.3. The molecule has 0 aromatic rings. The zero-order valence-corrected chi connectivity index (χ0v) is 11.9. The maximum atomic E-state index is 10.3. The minimum atomic E-state index is -0.198. The number of nitrogens with one attached hydrogen (secondary N) is 1. The fourth-order valence-corrected chi connectivity index (χ4v) is 3.15. The van der Waals surface area contributed by atoms with Crippen LogP contribution in [0, 0.1) is 5.92 Å². The Bertz CT molecular complexity index is 243. The molecule has 2 saturated heterocycles. The van der Waals surface area contributed by atoms with Gasteiger partial charge in [0.1, 0.15) is 0 Å². The summed E-state index contributed by atoms with van der Waals surface area (Å²) in [6.07, 6.45) is 2.42. The maximum absolute atomic E-state index is 10.3. The van der Waals surface area contributed by atoms with Crippen molar-refractivity contribution < 1.29 is 5.11 Å². The van der Waals surface area contributed by atoms with Gasteiger partial charge in [0.25, 0.3) is 0 Å². The van der Waals surface area contributed by atoms with Gasteiger partial charge in [-0.15, -0.1) is 0 Å². The fraction of sp³-hybridized carbons (Fsp3) is 1.00. The van der Waals surface area contributed by atoms with E-state index in [9.17, 15) is 5.11 Å². The Balaban J connectivity index is 1.73. The van der Waals surface area contributed by atoms with Crippen molar-refractivity contribution in [1.29, 1.82) is 0 Å².